The fourth-order valence-electron chi connectivity index (χ4n) is 1.95. The molecular formula is C12H15ClN2O. The van der Waals surface area contributed by atoms with Crippen molar-refractivity contribution >= 4 is 17.5 Å². The van der Waals surface area contributed by atoms with E-state index >= 15 is 0 Å². The molecule has 1 aliphatic heterocycles. The highest BCUT2D eigenvalue weighted by Crippen LogP contribution is 2.14. The van der Waals surface area contributed by atoms with Crippen molar-refractivity contribution in [2.24, 2.45) is 5.73 Å². The number of carbonyl (C=O) groups excluding carboxylic acids is 1. The maximum absolute atomic E-state index is 11.9. The third-order valence-electron chi connectivity index (χ3n) is 2.82. The summed E-state index contributed by atoms with van der Waals surface area (Å²) in [6.45, 7) is 1.46. The van der Waals surface area contributed by atoms with E-state index in [0.717, 1.165) is 18.5 Å². The molecule has 1 aromatic carbocycles. The highest BCUT2D eigenvalue weighted by atomic mass is 35.5. The largest absolute Gasteiger partial charge is 0.341 e. The molecule has 0 aromatic heterocycles. The second kappa shape index (κ2) is 4.85. The third kappa shape index (κ3) is 2.74. The number of carbonyl (C=O) groups is 1. The fraction of sp³-hybridized carbons (Fsp3) is 0.417. The van der Waals surface area contributed by atoms with E-state index in [2.05, 4.69) is 0 Å². The van der Waals surface area contributed by atoms with Gasteiger partial charge in [-0.05, 0) is 24.1 Å². The van der Waals surface area contributed by atoms with Gasteiger partial charge < -0.3 is 10.6 Å². The molecule has 0 bridgehead atoms. The lowest BCUT2D eigenvalue weighted by molar-refractivity contribution is -0.129. The number of likely N-dealkylation sites (tertiary alicyclic amines) is 1. The van der Waals surface area contributed by atoms with Crippen LogP contribution in [0.5, 0.6) is 0 Å². The van der Waals surface area contributed by atoms with Crippen LogP contribution in [0.3, 0.4) is 0 Å². The zero-order valence-corrected chi connectivity index (χ0v) is 9.78. The van der Waals surface area contributed by atoms with Gasteiger partial charge in [0.05, 0.1) is 6.42 Å². The van der Waals surface area contributed by atoms with E-state index in [4.69, 9.17) is 17.3 Å². The van der Waals surface area contributed by atoms with Gasteiger partial charge in [-0.2, -0.15) is 0 Å². The Morgan fingerprint density at radius 3 is 3.00 bits per heavy atom. The Balaban J connectivity index is 1.97. The van der Waals surface area contributed by atoms with Gasteiger partial charge in [-0.25, -0.2) is 0 Å². The Kier molecular flexibility index (Phi) is 3.46. The predicted molar refractivity (Wildman–Crippen MR) is 64.3 cm³/mol. The molecule has 16 heavy (non-hydrogen) atoms. The molecular weight excluding hydrogens is 224 g/mol. The molecule has 4 heteroatoms. The summed E-state index contributed by atoms with van der Waals surface area (Å²) < 4.78 is 0. The highest BCUT2D eigenvalue weighted by Gasteiger charge is 2.23. The van der Waals surface area contributed by atoms with E-state index in [1.165, 1.54) is 0 Å². The molecule has 0 spiro atoms. The van der Waals surface area contributed by atoms with E-state index in [0.29, 0.717) is 18.0 Å². The molecule has 1 saturated heterocycles. The quantitative estimate of drug-likeness (QED) is 0.848. The Labute approximate surface area is 100 Å². The van der Waals surface area contributed by atoms with Crippen LogP contribution in [-0.2, 0) is 11.2 Å². The average molecular weight is 239 g/mol. The van der Waals surface area contributed by atoms with Gasteiger partial charge in [0.1, 0.15) is 0 Å². The van der Waals surface area contributed by atoms with Crippen LogP contribution >= 0.6 is 11.6 Å². The standard InChI is InChI=1S/C12H15ClN2O/c13-10-3-1-2-9(6-10)7-12(16)15-5-4-11(14)8-15/h1-3,6,11H,4-5,7-8,14H2. The summed E-state index contributed by atoms with van der Waals surface area (Å²) >= 11 is 5.87. The summed E-state index contributed by atoms with van der Waals surface area (Å²) in [6.07, 6.45) is 1.31. The highest BCUT2D eigenvalue weighted by molar-refractivity contribution is 6.30. The van der Waals surface area contributed by atoms with Crippen molar-refractivity contribution in [3.63, 3.8) is 0 Å². The number of hydrogen-bond acceptors (Lipinski definition) is 2. The summed E-state index contributed by atoms with van der Waals surface area (Å²) in [5.74, 6) is 0.134. The van der Waals surface area contributed by atoms with Crippen LogP contribution in [0, 0.1) is 0 Å². The first-order chi connectivity index (χ1) is 7.65. The minimum absolute atomic E-state index is 0.134. The Morgan fingerprint density at radius 2 is 2.38 bits per heavy atom. The van der Waals surface area contributed by atoms with Crippen molar-refractivity contribution in [2.75, 3.05) is 13.1 Å². The van der Waals surface area contributed by atoms with Crippen molar-refractivity contribution in [3.05, 3.63) is 34.9 Å². The lowest BCUT2D eigenvalue weighted by Crippen LogP contribution is -2.32. The first-order valence-electron chi connectivity index (χ1n) is 5.43. The van der Waals surface area contributed by atoms with E-state index in [-0.39, 0.29) is 11.9 Å². The van der Waals surface area contributed by atoms with Gasteiger partial charge in [-0.15, -0.1) is 0 Å². The normalized spacial score (nSPS) is 20.1. The van der Waals surface area contributed by atoms with Crippen LogP contribution in [0.15, 0.2) is 24.3 Å². The summed E-state index contributed by atoms with van der Waals surface area (Å²) in [5, 5.41) is 0.670. The smallest absolute Gasteiger partial charge is 0.227 e. The molecule has 1 aliphatic rings. The molecule has 1 unspecified atom stereocenters. The summed E-state index contributed by atoms with van der Waals surface area (Å²) in [5.41, 5.74) is 6.72. The second-order valence-electron chi connectivity index (χ2n) is 4.20. The first kappa shape index (κ1) is 11.4. The predicted octanol–water partition coefficient (Wildman–Crippen LogP) is 1.44. The molecule has 3 nitrogen and oxygen atoms in total. The lowest BCUT2D eigenvalue weighted by Gasteiger charge is -2.15. The van der Waals surface area contributed by atoms with Crippen molar-refractivity contribution < 1.29 is 4.79 Å². The Hall–Kier alpha value is -1.06. The molecule has 1 atom stereocenters. The maximum atomic E-state index is 11.9. The molecule has 1 aromatic rings. The monoisotopic (exact) mass is 238 g/mol. The molecule has 1 heterocycles. The van der Waals surface area contributed by atoms with Crippen molar-refractivity contribution in [3.8, 4) is 0 Å². The van der Waals surface area contributed by atoms with Crippen molar-refractivity contribution in [1.82, 2.24) is 4.90 Å². The van der Waals surface area contributed by atoms with Gasteiger partial charge in [-0.3, -0.25) is 4.79 Å². The van der Waals surface area contributed by atoms with Gasteiger partial charge >= 0.3 is 0 Å². The number of hydrogen-bond donors (Lipinski definition) is 1. The minimum atomic E-state index is 0.134. The van der Waals surface area contributed by atoms with Crippen molar-refractivity contribution in [1.29, 1.82) is 0 Å². The van der Waals surface area contributed by atoms with Gasteiger partial charge in [0.25, 0.3) is 0 Å². The maximum Gasteiger partial charge on any atom is 0.227 e. The average Bonchev–Trinajstić information content (AvgIpc) is 2.65. The van der Waals surface area contributed by atoms with Gasteiger partial charge in [0.15, 0.2) is 0 Å². The van der Waals surface area contributed by atoms with E-state index < -0.39 is 0 Å². The number of rotatable bonds is 2. The first-order valence-corrected chi connectivity index (χ1v) is 5.81. The number of benzene rings is 1. The van der Waals surface area contributed by atoms with Crippen LogP contribution < -0.4 is 5.73 Å². The van der Waals surface area contributed by atoms with Crippen LogP contribution in [0.25, 0.3) is 0 Å². The Morgan fingerprint density at radius 1 is 1.56 bits per heavy atom. The summed E-state index contributed by atoms with van der Waals surface area (Å²) in [6, 6.07) is 7.56. The van der Waals surface area contributed by atoms with Gasteiger partial charge in [-0.1, -0.05) is 23.7 Å². The lowest BCUT2D eigenvalue weighted by atomic mass is 10.1. The van der Waals surface area contributed by atoms with E-state index in [9.17, 15) is 4.79 Å². The minimum Gasteiger partial charge on any atom is -0.341 e. The molecule has 1 fully saturated rings. The zero-order chi connectivity index (χ0) is 11.5. The molecule has 86 valence electrons. The number of amides is 1. The van der Waals surface area contributed by atoms with Crippen LogP contribution in [-0.4, -0.2) is 29.9 Å². The fourth-order valence-corrected chi connectivity index (χ4v) is 2.16. The molecule has 0 saturated carbocycles. The molecule has 0 aliphatic carbocycles. The van der Waals surface area contributed by atoms with Gasteiger partial charge in [0.2, 0.25) is 5.91 Å². The number of nitrogens with two attached hydrogens (primary N) is 1. The topological polar surface area (TPSA) is 46.3 Å². The molecule has 1 amide bonds. The van der Waals surface area contributed by atoms with Crippen LogP contribution in [0.2, 0.25) is 5.02 Å². The van der Waals surface area contributed by atoms with Crippen molar-refractivity contribution in [2.45, 2.75) is 18.9 Å². The molecule has 2 rings (SSSR count). The van der Waals surface area contributed by atoms with Gasteiger partial charge in [0, 0.05) is 24.2 Å². The number of nitrogens with zero attached hydrogens (tertiary/aromatic N) is 1. The molecule has 2 N–H and O–H groups in total. The van der Waals surface area contributed by atoms with Crippen LogP contribution in [0.1, 0.15) is 12.0 Å². The SMILES string of the molecule is NC1CCN(C(=O)Cc2cccc(Cl)c2)C1. The number of halogens is 1. The van der Waals surface area contributed by atoms with Crippen LogP contribution in [0.4, 0.5) is 0 Å². The third-order valence-corrected chi connectivity index (χ3v) is 3.06. The molecule has 0 radical (unpaired) electrons. The second-order valence-corrected chi connectivity index (χ2v) is 4.63. The van der Waals surface area contributed by atoms with E-state index in [1.807, 2.05) is 23.1 Å². The summed E-state index contributed by atoms with van der Waals surface area (Å²) in [4.78, 5) is 13.7. The van der Waals surface area contributed by atoms with E-state index in [1.54, 1.807) is 6.07 Å². The Bertz CT molecular complexity index is 394. The zero-order valence-electron chi connectivity index (χ0n) is 9.03. The summed E-state index contributed by atoms with van der Waals surface area (Å²) in [7, 11) is 0.